The van der Waals surface area contributed by atoms with Crippen molar-refractivity contribution in [2.45, 2.75) is 26.2 Å². The molecule has 140 valence electrons. The molecule has 3 aromatic carbocycles. The monoisotopic (exact) mass is 490 g/mol. The molecule has 0 aliphatic carbocycles. The Labute approximate surface area is 175 Å². The zero-order valence-electron chi connectivity index (χ0n) is 16.1. The first-order chi connectivity index (χ1) is 12.8. The maximum Gasteiger partial charge on any atom is 0.172 e. The number of halogens is 1. The summed E-state index contributed by atoms with van der Waals surface area (Å²) in [6.07, 6.45) is 0. The molecule has 0 unspecified atom stereocenters. The third-order valence-corrected chi connectivity index (χ3v) is 9.31. The average molecular weight is 490 g/mol. The van der Waals surface area contributed by atoms with E-state index in [0.29, 0.717) is 0 Å². The van der Waals surface area contributed by atoms with Gasteiger partial charge in [-0.25, -0.2) is 0 Å². The fraction of sp³-hybridized carbons (Fsp3) is 0.217. The third-order valence-electron chi connectivity index (χ3n) is 4.68. The van der Waals surface area contributed by atoms with E-state index in [-0.39, 0.29) is 5.41 Å². The molecule has 0 amide bonds. The van der Waals surface area contributed by atoms with Gasteiger partial charge in [0.2, 0.25) is 0 Å². The van der Waals surface area contributed by atoms with Gasteiger partial charge in [0.1, 0.15) is 5.75 Å². The van der Waals surface area contributed by atoms with Crippen molar-refractivity contribution in [2.75, 3.05) is 7.11 Å². The van der Waals surface area contributed by atoms with Gasteiger partial charge in [0.05, 0.1) is 10.7 Å². The number of hydrogen-bond acceptors (Lipinski definition) is 2. The lowest BCUT2D eigenvalue weighted by Crippen LogP contribution is -2.28. The van der Waals surface area contributed by atoms with Gasteiger partial charge in [-0.3, -0.25) is 0 Å². The van der Waals surface area contributed by atoms with Crippen LogP contribution in [0.4, 0.5) is 0 Å². The summed E-state index contributed by atoms with van der Waals surface area (Å²) in [6, 6.07) is 23.7. The van der Waals surface area contributed by atoms with Crippen molar-refractivity contribution >= 4 is 45.6 Å². The van der Waals surface area contributed by atoms with E-state index in [1.807, 2.05) is 60.7 Å². The van der Waals surface area contributed by atoms with Crippen LogP contribution in [0, 0.1) is 3.57 Å². The maximum atomic E-state index is 14.7. The zero-order valence-corrected chi connectivity index (χ0v) is 19.1. The van der Waals surface area contributed by atoms with Crippen LogP contribution in [-0.2, 0) is 9.98 Å². The molecule has 27 heavy (non-hydrogen) atoms. The molecular formula is C23H24IO2P. The van der Waals surface area contributed by atoms with Gasteiger partial charge >= 0.3 is 0 Å². The van der Waals surface area contributed by atoms with Gasteiger partial charge in [0.25, 0.3) is 0 Å². The molecule has 0 aliphatic rings. The smallest absolute Gasteiger partial charge is 0.172 e. The molecule has 0 radical (unpaired) electrons. The SMILES string of the molecule is COc1cc(C(C)(C)C)cc(P(=O)(c2ccccc2)c2ccccc2)c1I. The number of rotatable bonds is 4. The van der Waals surface area contributed by atoms with Crippen molar-refractivity contribution in [3.8, 4) is 5.75 Å². The first-order valence-corrected chi connectivity index (χ1v) is 11.7. The quantitative estimate of drug-likeness (QED) is 0.370. The highest BCUT2D eigenvalue weighted by molar-refractivity contribution is 14.1. The van der Waals surface area contributed by atoms with E-state index in [1.54, 1.807) is 7.11 Å². The van der Waals surface area contributed by atoms with Crippen LogP contribution in [0.25, 0.3) is 0 Å². The van der Waals surface area contributed by atoms with Crippen molar-refractivity contribution in [1.82, 2.24) is 0 Å². The second-order valence-corrected chi connectivity index (χ2v) is 11.4. The van der Waals surface area contributed by atoms with E-state index in [2.05, 4.69) is 55.5 Å². The largest absolute Gasteiger partial charge is 0.496 e. The molecule has 0 aliphatic heterocycles. The molecule has 0 saturated carbocycles. The molecule has 0 saturated heterocycles. The average Bonchev–Trinajstić information content (AvgIpc) is 2.68. The van der Waals surface area contributed by atoms with Gasteiger partial charge in [0.15, 0.2) is 7.14 Å². The molecule has 3 rings (SSSR count). The molecule has 0 spiro atoms. The van der Waals surface area contributed by atoms with Crippen LogP contribution in [0.5, 0.6) is 5.75 Å². The van der Waals surface area contributed by atoms with Crippen LogP contribution in [0.2, 0.25) is 0 Å². The minimum absolute atomic E-state index is 0.0788. The zero-order chi connectivity index (χ0) is 19.7. The fourth-order valence-electron chi connectivity index (χ4n) is 3.10. The summed E-state index contributed by atoms with van der Waals surface area (Å²) in [7, 11) is -1.37. The van der Waals surface area contributed by atoms with Gasteiger partial charge < -0.3 is 9.30 Å². The van der Waals surface area contributed by atoms with E-state index in [4.69, 9.17) is 4.74 Å². The Balaban J connectivity index is 2.40. The lowest BCUT2D eigenvalue weighted by Gasteiger charge is -2.26. The van der Waals surface area contributed by atoms with Crippen molar-refractivity contribution in [3.63, 3.8) is 0 Å². The van der Waals surface area contributed by atoms with Crippen molar-refractivity contribution in [2.24, 2.45) is 0 Å². The summed E-state index contributed by atoms with van der Waals surface area (Å²) in [6.45, 7) is 6.48. The summed E-state index contributed by atoms with van der Waals surface area (Å²) in [4.78, 5) is 0. The van der Waals surface area contributed by atoms with E-state index >= 15 is 0 Å². The Morgan fingerprint density at radius 3 is 1.74 bits per heavy atom. The molecule has 0 aromatic heterocycles. The second-order valence-electron chi connectivity index (χ2n) is 7.54. The van der Waals surface area contributed by atoms with E-state index in [0.717, 1.165) is 30.8 Å². The number of methoxy groups -OCH3 is 1. The standard InChI is InChI=1S/C23H24IO2P/c1-23(2,3)17-15-20(26-4)22(24)21(16-17)27(25,18-11-7-5-8-12-18)19-13-9-6-10-14-19/h5-16H,1-4H3. The highest BCUT2D eigenvalue weighted by atomic mass is 127. The summed E-state index contributed by atoms with van der Waals surface area (Å²) in [5, 5.41) is 2.51. The summed E-state index contributed by atoms with van der Waals surface area (Å²) >= 11 is 2.27. The number of benzene rings is 3. The molecule has 0 N–H and O–H groups in total. The van der Waals surface area contributed by atoms with Crippen LogP contribution in [-0.4, -0.2) is 7.11 Å². The molecule has 0 fully saturated rings. The van der Waals surface area contributed by atoms with Crippen LogP contribution in [0.1, 0.15) is 26.3 Å². The summed E-state index contributed by atoms with van der Waals surface area (Å²) in [5.74, 6) is 0.769. The lowest BCUT2D eigenvalue weighted by atomic mass is 9.87. The molecule has 3 aromatic rings. The second kappa shape index (κ2) is 7.81. The van der Waals surface area contributed by atoms with Gasteiger partial charge in [-0.2, -0.15) is 0 Å². The summed E-state index contributed by atoms with van der Waals surface area (Å²) < 4.78 is 21.3. The van der Waals surface area contributed by atoms with Gasteiger partial charge in [-0.05, 0) is 45.7 Å². The predicted molar refractivity (Wildman–Crippen MR) is 124 cm³/mol. The molecule has 0 heterocycles. The lowest BCUT2D eigenvalue weighted by molar-refractivity contribution is 0.410. The first-order valence-electron chi connectivity index (χ1n) is 8.88. The highest BCUT2D eigenvalue weighted by Crippen LogP contribution is 2.46. The van der Waals surface area contributed by atoms with Crippen molar-refractivity contribution < 1.29 is 9.30 Å². The normalized spacial score (nSPS) is 12.0. The van der Waals surface area contributed by atoms with Crippen molar-refractivity contribution in [1.29, 1.82) is 0 Å². The Hall–Kier alpha value is -1.58. The molecule has 4 heteroatoms. The minimum Gasteiger partial charge on any atom is -0.496 e. The van der Waals surface area contributed by atoms with E-state index in [1.165, 1.54) is 0 Å². The van der Waals surface area contributed by atoms with Crippen LogP contribution < -0.4 is 20.7 Å². The van der Waals surface area contributed by atoms with Crippen molar-refractivity contribution in [3.05, 3.63) is 81.9 Å². The fourth-order valence-corrected chi connectivity index (χ4v) is 7.39. The molecule has 0 atom stereocenters. The predicted octanol–water partition coefficient (Wildman–Crippen LogP) is 5.24. The van der Waals surface area contributed by atoms with Gasteiger partial charge in [-0.15, -0.1) is 0 Å². The molecule has 0 bridgehead atoms. The van der Waals surface area contributed by atoms with Crippen LogP contribution in [0.15, 0.2) is 72.8 Å². The minimum atomic E-state index is -3.04. The van der Waals surface area contributed by atoms with Gasteiger partial charge in [-0.1, -0.05) is 81.4 Å². The maximum absolute atomic E-state index is 14.7. The van der Waals surface area contributed by atoms with E-state index in [9.17, 15) is 4.57 Å². The Morgan fingerprint density at radius 2 is 1.33 bits per heavy atom. The first kappa shape index (κ1) is 20.2. The third kappa shape index (κ3) is 3.86. The Bertz CT molecular complexity index is 933. The van der Waals surface area contributed by atoms with Crippen LogP contribution >= 0.6 is 29.7 Å². The number of hydrogen-bond donors (Lipinski definition) is 0. The van der Waals surface area contributed by atoms with Crippen LogP contribution in [0.3, 0.4) is 0 Å². The Kier molecular flexibility index (Phi) is 5.83. The van der Waals surface area contributed by atoms with E-state index < -0.39 is 7.14 Å². The highest BCUT2D eigenvalue weighted by Gasteiger charge is 2.34. The molecular weight excluding hydrogens is 466 g/mol. The Morgan fingerprint density at radius 1 is 0.852 bits per heavy atom. The topological polar surface area (TPSA) is 26.3 Å². The number of ether oxygens (including phenoxy) is 1. The van der Waals surface area contributed by atoms with Gasteiger partial charge in [0, 0.05) is 15.9 Å². The molecule has 2 nitrogen and oxygen atoms in total. The summed E-state index contributed by atoms with van der Waals surface area (Å²) in [5.41, 5.74) is 1.03.